The molecule has 2 saturated heterocycles. The van der Waals surface area contributed by atoms with Crippen molar-refractivity contribution in [1.82, 2.24) is 20.0 Å². The number of nitrogens with one attached hydrogen (secondary N) is 1. The van der Waals surface area contributed by atoms with Crippen LogP contribution in [0.2, 0.25) is 0 Å². The molecule has 0 atom stereocenters. The van der Waals surface area contributed by atoms with Crippen molar-refractivity contribution in [3.63, 3.8) is 0 Å². The quantitative estimate of drug-likeness (QED) is 0.820. The maximum Gasteiger partial charge on any atom is 0.471 e. The van der Waals surface area contributed by atoms with Gasteiger partial charge in [-0.1, -0.05) is 0 Å². The lowest BCUT2D eigenvalue weighted by molar-refractivity contribution is -0.174. The standard InChI is InChI=1S/C16H27F3N4O/c1-21-6-4-15(5-7-21,12-20-14(24)16(17,18)19)23-10-8-22(9-11-23)13-2-3-13/h13H,2-12H2,1H3,(H,20,24). The van der Waals surface area contributed by atoms with Gasteiger partial charge in [0.25, 0.3) is 0 Å². The van der Waals surface area contributed by atoms with Gasteiger partial charge < -0.3 is 10.2 Å². The van der Waals surface area contributed by atoms with E-state index in [9.17, 15) is 18.0 Å². The molecule has 3 aliphatic rings. The van der Waals surface area contributed by atoms with Crippen LogP contribution in [0.15, 0.2) is 0 Å². The van der Waals surface area contributed by atoms with Crippen LogP contribution in [0.3, 0.4) is 0 Å². The number of halogens is 3. The lowest BCUT2D eigenvalue weighted by Gasteiger charge is -2.51. The molecule has 24 heavy (non-hydrogen) atoms. The molecule has 1 aliphatic carbocycles. The molecule has 2 aliphatic heterocycles. The van der Waals surface area contributed by atoms with E-state index in [1.807, 2.05) is 7.05 Å². The number of hydrogen-bond acceptors (Lipinski definition) is 4. The summed E-state index contributed by atoms with van der Waals surface area (Å²) in [6, 6.07) is 0.727. The van der Waals surface area contributed by atoms with Crippen LogP contribution in [0.25, 0.3) is 0 Å². The van der Waals surface area contributed by atoms with Crippen LogP contribution < -0.4 is 5.32 Å². The third kappa shape index (κ3) is 4.03. The Morgan fingerprint density at radius 1 is 1.08 bits per heavy atom. The van der Waals surface area contributed by atoms with E-state index in [1.54, 1.807) is 0 Å². The molecule has 0 aromatic rings. The third-order valence-corrected chi connectivity index (χ3v) is 5.80. The summed E-state index contributed by atoms with van der Waals surface area (Å²) in [6.07, 6.45) is -0.664. The summed E-state index contributed by atoms with van der Waals surface area (Å²) in [5, 5.41) is 2.15. The second kappa shape index (κ2) is 6.80. The third-order valence-electron chi connectivity index (χ3n) is 5.80. The van der Waals surface area contributed by atoms with Gasteiger partial charge in [0.15, 0.2) is 0 Å². The Kier molecular flexibility index (Phi) is 5.09. The Morgan fingerprint density at radius 3 is 2.17 bits per heavy atom. The zero-order valence-corrected chi connectivity index (χ0v) is 14.2. The number of piperazine rings is 1. The molecule has 2 heterocycles. The van der Waals surface area contributed by atoms with Gasteiger partial charge in [-0.05, 0) is 45.8 Å². The van der Waals surface area contributed by atoms with Crippen molar-refractivity contribution in [2.24, 2.45) is 0 Å². The van der Waals surface area contributed by atoms with Gasteiger partial charge in [-0.3, -0.25) is 14.6 Å². The zero-order chi connectivity index (χ0) is 17.4. The molecule has 0 spiro atoms. The molecule has 8 heteroatoms. The highest BCUT2D eigenvalue weighted by Gasteiger charge is 2.45. The van der Waals surface area contributed by atoms with Crippen molar-refractivity contribution < 1.29 is 18.0 Å². The number of carbonyl (C=O) groups is 1. The highest BCUT2D eigenvalue weighted by molar-refractivity contribution is 5.81. The molecule has 1 N–H and O–H groups in total. The molecule has 1 saturated carbocycles. The summed E-state index contributed by atoms with van der Waals surface area (Å²) in [4.78, 5) is 18.3. The Labute approximate surface area is 141 Å². The number of alkyl halides is 3. The van der Waals surface area contributed by atoms with Gasteiger partial charge in [-0.2, -0.15) is 13.2 Å². The number of amides is 1. The van der Waals surface area contributed by atoms with Crippen molar-refractivity contribution in [3.8, 4) is 0 Å². The number of rotatable bonds is 4. The monoisotopic (exact) mass is 348 g/mol. The van der Waals surface area contributed by atoms with E-state index in [1.165, 1.54) is 12.8 Å². The smallest absolute Gasteiger partial charge is 0.346 e. The van der Waals surface area contributed by atoms with Crippen LogP contribution in [0.1, 0.15) is 25.7 Å². The minimum atomic E-state index is -4.81. The molecule has 0 aromatic carbocycles. The van der Waals surface area contributed by atoms with E-state index in [4.69, 9.17) is 0 Å². The van der Waals surface area contributed by atoms with E-state index in [2.05, 4.69) is 20.0 Å². The van der Waals surface area contributed by atoms with Crippen LogP contribution in [0, 0.1) is 0 Å². The molecule has 138 valence electrons. The average Bonchev–Trinajstić information content (AvgIpc) is 3.39. The number of carbonyl (C=O) groups excluding carboxylic acids is 1. The topological polar surface area (TPSA) is 38.8 Å². The molecule has 3 fully saturated rings. The summed E-state index contributed by atoms with van der Waals surface area (Å²) in [6.45, 7) is 5.51. The summed E-state index contributed by atoms with van der Waals surface area (Å²) < 4.78 is 37.6. The first kappa shape index (κ1) is 17.9. The minimum absolute atomic E-state index is 0.0859. The summed E-state index contributed by atoms with van der Waals surface area (Å²) in [7, 11) is 2.03. The highest BCUT2D eigenvalue weighted by Crippen LogP contribution is 2.32. The number of likely N-dealkylation sites (tertiary alicyclic amines) is 1. The molecule has 0 unspecified atom stereocenters. The first-order chi connectivity index (χ1) is 11.3. The Bertz CT molecular complexity index is 451. The average molecular weight is 348 g/mol. The second-order valence-electron chi connectivity index (χ2n) is 7.46. The van der Waals surface area contributed by atoms with E-state index >= 15 is 0 Å². The molecule has 5 nitrogen and oxygen atoms in total. The molecule has 0 aromatic heterocycles. The second-order valence-corrected chi connectivity index (χ2v) is 7.46. The fourth-order valence-electron chi connectivity index (χ4n) is 3.99. The minimum Gasteiger partial charge on any atom is -0.346 e. The van der Waals surface area contributed by atoms with Crippen LogP contribution in [-0.4, -0.2) is 91.2 Å². The summed E-state index contributed by atoms with van der Waals surface area (Å²) in [5.74, 6) is -1.82. The first-order valence-electron chi connectivity index (χ1n) is 8.83. The van der Waals surface area contributed by atoms with Gasteiger partial charge in [-0.25, -0.2) is 0 Å². The van der Waals surface area contributed by atoms with Crippen molar-refractivity contribution in [1.29, 1.82) is 0 Å². The molecule has 0 bridgehead atoms. The fraction of sp³-hybridized carbons (Fsp3) is 0.938. The lowest BCUT2D eigenvalue weighted by Crippen LogP contribution is -2.64. The molecule has 1 amide bonds. The molecule has 0 radical (unpaired) electrons. The van der Waals surface area contributed by atoms with Gasteiger partial charge >= 0.3 is 12.1 Å². The van der Waals surface area contributed by atoms with Crippen LogP contribution in [0.5, 0.6) is 0 Å². The maximum absolute atomic E-state index is 12.5. The predicted octanol–water partition coefficient (Wildman–Crippen LogP) is 0.909. The van der Waals surface area contributed by atoms with Gasteiger partial charge in [0, 0.05) is 44.3 Å². The van der Waals surface area contributed by atoms with Crippen molar-refractivity contribution in [2.45, 2.75) is 43.4 Å². The van der Waals surface area contributed by atoms with Crippen molar-refractivity contribution in [3.05, 3.63) is 0 Å². The zero-order valence-electron chi connectivity index (χ0n) is 14.2. The predicted molar refractivity (Wildman–Crippen MR) is 84.7 cm³/mol. The Hall–Kier alpha value is -0.860. The van der Waals surface area contributed by atoms with E-state index in [0.29, 0.717) is 0 Å². The van der Waals surface area contributed by atoms with Crippen molar-refractivity contribution in [2.75, 3.05) is 52.9 Å². The molecular formula is C16H27F3N4O. The number of hydrogen-bond donors (Lipinski definition) is 1. The SMILES string of the molecule is CN1CCC(CNC(=O)C(F)(F)F)(N2CCN(C3CC3)CC2)CC1. The van der Waals surface area contributed by atoms with Gasteiger partial charge in [0.05, 0.1) is 0 Å². The Balaban J connectivity index is 1.63. The van der Waals surface area contributed by atoms with Gasteiger partial charge in [0.2, 0.25) is 0 Å². The normalized spacial score (nSPS) is 27.2. The van der Waals surface area contributed by atoms with Gasteiger partial charge in [0.1, 0.15) is 0 Å². The fourth-order valence-corrected chi connectivity index (χ4v) is 3.99. The largest absolute Gasteiger partial charge is 0.471 e. The lowest BCUT2D eigenvalue weighted by atomic mass is 9.84. The van der Waals surface area contributed by atoms with E-state index in [0.717, 1.165) is 58.2 Å². The van der Waals surface area contributed by atoms with Crippen LogP contribution in [-0.2, 0) is 4.79 Å². The first-order valence-corrected chi connectivity index (χ1v) is 8.83. The van der Waals surface area contributed by atoms with Crippen LogP contribution in [0.4, 0.5) is 13.2 Å². The summed E-state index contributed by atoms with van der Waals surface area (Å²) in [5.41, 5.74) is -0.344. The highest BCUT2D eigenvalue weighted by atomic mass is 19.4. The Morgan fingerprint density at radius 2 is 1.67 bits per heavy atom. The summed E-state index contributed by atoms with van der Waals surface area (Å²) >= 11 is 0. The van der Waals surface area contributed by atoms with Crippen LogP contribution >= 0.6 is 0 Å². The molecule has 3 rings (SSSR count). The number of piperidine rings is 1. The van der Waals surface area contributed by atoms with Gasteiger partial charge in [-0.15, -0.1) is 0 Å². The van der Waals surface area contributed by atoms with E-state index in [-0.39, 0.29) is 12.1 Å². The van der Waals surface area contributed by atoms with E-state index < -0.39 is 12.1 Å². The number of nitrogens with zero attached hydrogens (tertiary/aromatic N) is 3. The van der Waals surface area contributed by atoms with Crippen molar-refractivity contribution >= 4 is 5.91 Å². The maximum atomic E-state index is 12.5. The molecular weight excluding hydrogens is 321 g/mol.